The van der Waals surface area contributed by atoms with Gasteiger partial charge in [0.15, 0.2) is 0 Å². The minimum Gasteiger partial charge on any atom is -0.368 e. The molecular weight excluding hydrogens is 256 g/mol. The maximum Gasteiger partial charge on any atom is 0.0521 e. The van der Waals surface area contributed by atoms with E-state index in [2.05, 4.69) is 50.1 Å². The fraction of sp³-hybridized carbons (Fsp3) is 0.684. The van der Waals surface area contributed by atoms with Gasteiger partial charge in [0.05, 0.1) is 5.54 Å². The number of rotatable bonds is 5. The van der Waals surface area contributed by atoms with Crippen molar-refractivity contribution in [3.05, 3.63) is 29.8 Å². The van der Waals surface area contributed by atoms with E-state index in [-0.39, 0.29) is 5.54 Å². The van der Waals surface area contributed by atoms with Gasteiger partial charge in [-0.3, -0.25) is 0 Å². The first-order valence-corrected chi connectivity index (χ1v) is 8.62. The van der Waals surface area contributed by atoms with Crippen molar-refractivity contribution in [3.8, 4) is 0 Å². The number of nitrogens with two attached hydrogens (primary N) is 1. The van der Waals surface area contributed by atoms with E-state index >= 15 is 0 Å². The summed E-state index contributed by atoms with van der Waals surface area (Å²) in [6, 6.07) is 8.82. The number of hydrogen-bond donors (Lipinski definition) is 1. The van der Waals surface area contributed by atoms with Crippen molar-refractivity contribution in [2.24, 2.45) is 11.7 Å². The van der Waals surface area contributed by atoms with Gasteiger partial charge in [-0.05, 0) is 49.8 Å². The van der Waals surface area contributed by atoms with E-state index in [9.17, 15) is 0 Å². The molecule has 1 fully saturated rings. The lowest BCUT2D eigenvalue weighted by atomic mass is 9.87. The van der Waals surface area contributed by atoms with Crippen molar-refractivity contribution in [2.75, 3.05) is 18.5 Å². The van der Waals surface area contributed by atoms with Gasteiger partial charge in [0.25, 0.3) is 0 Å². The molecule has 1 saturated carbocycles. The summed E-state index contributed by atoms with van der Waals surface area (Å²) in [6.07, 6.45) is 9.20. The summed E-state index contributed by atoms with van der Waals surface area (Å²) in [7, 11) is 2.24. The highest BCUT2D eigenvalue weighted by Crippen LogP contribution is 2.37. The normalized spacial score (nSPS) is 26.4. The second-order valence-electron chi connectivity index (χ2n) is 6.91. The third-order valence-electron chi connectivity index (χ3n) is 5.45. The zero-order chi connectivity index (χ0) is 15.3. The Labute approximate surface area is 130 Å². The molecule has 0 aromatic heterocycles. The number of anilines is 1. The highest BCUT2D eigenvalue weighted by Gasteiger charge is 2.35. The predicted molar refractivity (Wildman–Crippen MR) is 92.9 cm³/mol. The maximum absolute atomic E-state index is 6.26. The van der Waals surface area contributed by atoms with Gasteiger partial charge >= 0.3 is 0 Å². The van der Waals surface area contributed by atoms with Crippen LogP contribution in [0.1, 0.15) is 57.4 Å². The summed E-state index contributed by atoms with van der Waals surface area (Å²) >= 11 is 0. The lowest BCUT2D eigenvalue weighted by Crippen LogP contribution is -2.52. The average molecular weight is 288 g/mol. The molecule has 0 aliphatic heterocycles. The molecule has 0 heterocycles. The van der Waals surface area contributed by atoms with Gasteiger partial charge in [0, 0.05) is 19.3 Å². The van der Waals surface area contributed by atoms with Crippen molar-refractivity contribution in [2.45, 2.75) is 64.3 Å². The first-order valence-electron chi connectivity index (χ1n) is 8.62. The maximum atomic E-state index is 6.26. The van der Waals surface area contributed by atoms with Crippen LogP contribution in [0.2, 0.25) is 0 Å². The summed E-state index contributed by atoms with van der Waals surface area (Å²) in [4.78, 5) is 2.47. The number of likely N-dealkylation sites (N-methyl/N-ethyl adjacent to an activating group) is 1. The lowest BCUT2D eigenvalue weighted by molar-refractivity contribution is 0.350. The standard InChI is InChI=1S/C19H32N2/c1-4-7-17-9-6-12-19(15-20,13-11-17)21(3)18-10-5-8-16(2)14-18/h5,8,10,14,17H,4,6-7,9,11-13,15,20H2,1-3H3. The van der Waals surface area contributed by atoms with Crippen LogP contribution >= 0.6 is 0 Å². The van der Waals surface area contributed by atoms with Gasteiger partial charge < -0.3 is 10.6 Å². The Morgan fingerprint density at radius 3 is 2.76 bits per heavy atom. The average Bonchev–Trinajstić information content (AvgIpc) is 2.70. The number of nitrogens with zero attached hydrogens (tertiary/aromatic N) is 1. The third-order valence-corrected chi connectivity index (χ3v) is 5.45. The quantitative estimate of drug-likeness (QED) is 0.808. The number of benzene rings is 1. The van der Waals surface area contributed by atoms with Crippen LogP contribution in [-0.2, 0) is 0 Å². The number of aryl methyl sites for hydroxylation is 1. The molecule has 2 heteroatoms. The molecule has 2 nitrogen and oxygen atoms in total. The molecule has 1 aliphatic carbocycles. The molecule has 0 spiro atoms. The smallest absolute Gasteiger partial charge is 0.0521 e. The largest absolute Gasteiger partial charge is 0.368 e. The van der Waals surface area contributed by atoms with E-state index < -0.39 is 0 Å². The summed E-state index contributed by atoms with van der Waals surface area (Å²) in [5.74, 6) is 0.911. The molecule has 0 bridgehead atoms. The van der Waals surface area contributed by atoms with Crippen LogP contribution in [0.4, 0.5) is 5.69 Å². The van der Waals surface area contributed by atoms with Gasteiger partial charge in [0.1, 0.15) is 0 Å². The fourth-order valence-electron chi connectivity index (χ4n) is 3.95. The lowest BCUT2D eigenvalue weighted by Gasteiger charge is -2.42. The Bertz CT molecular complexity index is 443. The van der Waals surface area contributed by atoms with Crippen molar-refractivity contribution in [3.63, 3.8) is 0 Å². The van der Waals surface area contributed by atoms with E-state index in [0.717, 1.165) is 12.5 Å². The minimum absolute atomic E-state index is 0.149. The molecule has 2 N–H and O–H groups in total. The summed E-state index contributed by atoms with van der Waals surface area (Å²) < 4.78 is 0. The molecular formula is C19H32N2. The van der Waals surface area contributed by atoms with Crippen LogP contribution in [-0.4, -0.2) is 19.1 Å². The Kier molecular flexibility index (Phi) is 5.69. The van der Waals surface area contributed by atoms with Crippen molar-refractivity contribution in [1.82, 2.24) is 0 Å². The highest BCUT2D eigenvalue weighted by atomic mass is 15.2. The first-order chi connectivity index (χ1) is 10.1. The van der Waals surface area contributed by atoms with Crippen molar-refractivity contribution in [1.29, 1.82) is 0 Å². The zero-order valence-electron chi connectivity index (χ0n) is 14.1. The molecule has 21 heavy (non-hydrogen) atoms. The highest BCUT2D eigenvalue weighted by molar-refractivity contribution is 5.50. The molecule has 1 aromatic rings. The molecule has 2 rings (SSSR count). The SMILES string of the molecule is CCCC1CCCC(CN)(N(C)c2cccc(C)c2)CC1. The van der Waals surface area contributed by atoms with E-state index in [1.165, 1.54) is 56.2 Å². The van der Waals surface area contributed by atoms with Crippen LogP contribution in [0.3, 0.4) is 0 Å². The molecule has 1 aliphatic rings. The van der Waals surface area contributed by atoms with Crippen LogP contribution < -0.4 is 10.6 Å². The Balaban J connectivity index is 2.16. The van der Waals surface area contributed by atoms with Crippen molar-refractivity contribution < 1.29 is 0 Å². The van der Waals surface area contributed by atoms with Gasteiger partial charge in [-0.25, -0.2) is 0 Å². The molecule has 1 aromatic carbocycles. The second-order valence-corrected chi connectivity index (χ2v) is 6.91. The predicted octanol–water partition coefficient (Wildman–Crippen LogP) is 4.51. The fourth-order valence-corrected chi connectivity index (χ4v) is 3.95. The van der Waals surface area contributed by atoms with Gasteiger partial charge in [-0.15, -0.1) is 0 Å². The number of hydrogen-bond acceptors (Lipinski definition) is 2. The minimum atomic E-state index is 0.149. The van der Waals surface area contributed by atoms with Crippen LogP contribution in [0, 0.1) is 12.8 Å². The first kappa shape index (κ1) is 16.4. The van der Waals surface area contributed by atoms with Crippen LogP contribution in [0.5, 0.6) is 0 Å². The molecule has 2 atom stereocenters. The van der Waals surface area contributed by atoms with Gasteiger partial charge in [-0.1, -0.05) is 44.7 Å². The molecule has 0 radical (unpaired) electrons. The second kappa shape index (κ2) is 7.31. The zero-order valence-corrected chi connectivity index (χ0v) is 14.1. The molecule has 118 valence electrons. The molecule has 0 amide bonds. The molecule has 0 saturated heterocycles. The molecule has 2 unspecified atom stereocenters. The van der Waals surface area contributed by atoms with Gasteiger partial charge in [0.2, 0.25) is 0 Å². The van der Waals surface area contributed by atoms with E-state index in [1.54, 1.807) is 0 Å². The summed E-state index contributed by atoms with van der Waals surface area (Å²) in [5, 5.41) is 0. The van der Waals surface area contributed by atoms with Crippen LogP contribution in [0.15, 0.2) is 24.3 Å². The summed E-state index contributed by atoms with van der Waals surface area (Å²) in [6.45, 7) is 5.23. The van der Waals surface area contributed by atoms with E-state index in [1.807, 2.05) is 0 Å². The van der Waals surface area contributed by atoms with E-state index in [4.69, 9.17) is 5.73 Å². The monoisotopic (exact) mass is 288 g/mol. The Morgan fingerprint density at radius 1 is 1.29 bits per heavy atom. The summed E-state index contributed by atoms with van der Waals surface area (Å²) in [5.41, 5.74) is 9.05. The van der Waals surface area contributed by atoms with Crippen LogP contribution in [0.25, 0.3) is 0 Å². The van der Waals surface area contributed by atoms with E-state index in [0.29, 0.717) is 0 Å². The Morgan fingerprint density at radius 2 is 2.10 bits per heavy atom. The third kappa shape index (κ3) is 3.79. The Hall–Kier alpha value is -1.02. The van der Waals surface area contributed by atoms with Crippen molar-refractivity contribution >= 4 is 5.69 Å². The van der Waals surface area contributed by atoms with Gasteiger partial charge in [-0.2, -0.15) is 0 Å². The topological polar surface area (TPSA) is 29.3 Å².